The number of nitrogens with zero attached hydrogens (tertiary/aromatic N) is 1. The largest absolute Gasteiger partial charge is 0.350 e. The quantitative estimate of drug-likeness (QED) is 0.765. The maximum absolute atomic E-state index is 12.1. The maximum Gasteiger partial charge on any atom is 0.272 e. The van der Waals surface area contributed by atoms with Gasteiger partial charge >= 0.3 is 0 Å². The molecule has 1 aromatic rings. The van der Waals surface area contributed by atoms with E-state index >= 15 is 0 Å². The van der Waals surface area contributed by atoms with Crippen LogP contribution in [0.1, 0.15) is 55.6 Å². The summed E-state index contributed by atoms with van der Waals surface area (Å²) in [4.78, 5) is 30.7. The van der Waals surface area contributed by atoms with Crippen molar-refractivity contribution in [1.29, 1.82) is 0 Å². The van der Waals surface area contributed by atoms with Gasteiger partial charge in [0, 0.05) is 13.1 Å². The van der Waals surface area contributed by atoms with Crippen molar-refractivity contribution < 1.29 is 9.59 Å². The zero-order valence-corrected chi connectivity index (χ0v) is 12.8. The third kappa shape index (κ3) is 5.03. The molecule has 1 heterocycles. The van der Waals surface area contributed by atoms with Crippen LogP contribution in [0.25, 0.3) is 0 Å². The monoisotopic (exact) mass is 280 g/mol. The van der Waals surface area contributed by atoms with Gasteiger partial charge in [0.15, 0.2) is 5.69 Å². The molecule has 3 N–H and O–H groups in total. The molecular formula is C14H24N4O2. The molecule has 0 aliphatic rings. The van der Waals surface area contributed by atoms with Crippen LogP contribution in [0.4, 0.5) is 0 Å². The summed E-state index contributed by atoms with van der Waals surface area (Å²) in [6, 6.07) is 0. The molecule has 0 saturated carbocycles. The Hall–Kier alpha value is -1.85. The van der Waals surface area contributed by atoms with E-state index in [1.165, 1.54) is 6.33 Å². The lowest BCUT2D eigenvalue weighted by molar-refractivity contribution is 0.0904. The fourth-order valence-corrected chi connectivity index (χ4v) is 1.45. The Kier molecular flexibility index (Phi) is 5.30. The molecule has 0 atom stereocenters. The molecule has 1 rings (SSSR count). The third-order valence-corrected chi connectivity index (χ3v) is 2.53. The fourth-order valence-electron chi connectivity index (χ4n) is 1.45. The van der Waals surface area contributed by atoms with Crippen LogP contribution in [-0.2, 0) is 0 Å². The van der Waals surface area contributed by atoms with Gasteiger partial charge in [0.05, 0.1) is 6.33 Å². The molecule has 112 valence electrons. The highest BCUT2D eigenvalue weighted by atomic mass is 16.2. The first-order chi connectivity index (χ1) is 9.20. The summed E-state index contributed by atoms with van der Waals surface area (Å²) in [7, 11) is 0. The summed E-state index contributed by atoms with van der Waals surface area (Å²) in [6.07, 6.45) is 1.36. The van der Waals surface area contributed by atoms with Crippen LogP contribution < -0.4 is 10.6 Å². The zero-order valence-electron chi connectivity index (χ0n) is 12.8. The summed E-state index contributed by atoms with van der Waals surface area (Å²) in [5.41, 5.74) is 0.322. The van der Waals surface area contributed by atoms with Gasteiger partial charge in [-0.3, -0.25) is 9.59 Å². The van der Waals surface area contributed by atoms with Crippen molar-refractivity contribution in [3.63, 3.8) is 0 Å². The SMILES string of the molecule is CC(C)CNC(=O)c1nc[nH]c1C(=O)NCC(C)(C)C. The number of hydrogen-bond acceptors (Lipinski definition) is 3. The maximum atomic E-state index is 12.1. The first-order valence-electron chi connectivity index (χ1n) is 6.80. The number of nitrogens with one attached hydrogen (secondary N) is 3. The standard InChI is InChI=1S/C14H24N4O2/c1-9(2)6-15-12(19)10-11(18-8-17-10)13(20)16-7-14(3,4)5/h8-9H,6-7H2,1-5H3,(H,15,19)(H,16,20)(H,17,18). The van der Waals surface area contributed by atoms with Crippen molar-refractivity contribution in [2.45, 2.75) is 34.6 Å². The van der Waals surface area contributed by atoms with Crippen LogP contribution in [0.15, 0.2) is 6.33 Å². The lowest BCUT2D eigenvalue weighted by Crippen LogP contribution is -2.35. The Morgan fingerprint density at radius 2 is 1.90 bits per heavy atom. The van der Waals surface area contributed by atoms with E-state index in [1.807, 2.05) is 34.6 Å². The molecule has 0 saturated heterocycles. The van der Waals surface area contributed by atoms with Gasteiger partial charge in [-0.1, -0.05) is 34.6 Å². The minimum Gasteiger partial charge on any atom is -0.350 e. The number of aromatic amines is 1. The Morgan fingerprint density at radius 1 is 1.25 bits per heavy atom. The number of aromatic nitrogens is 2. The van der Waals surface area contributed by atoms with Gasteiger partial charge in [-0.25, -0.2) is 4.98 Å². The molecule has 6 heteroatoms. The number of amides is 2. The lowest BCUT2D eigenvalue weighted by Gasteiger charge is -2.18. The highest BCUT2D eigenvalue weighted by Gasteiger charge is 2.21. The second-order valence-electron chi connectivity index (χ2n) is 6.47. The van der Waals surface area contributed by atoms with Gasteiger partial charge in [-0.05, 0) is 11.3 Å². The van der Waals surface area contributed by atoms with Crippen molar-refractivity contribution in [1.82, 2.24) is 20.6 Å². The minimum atomic E-state index is -0.333. The average molecular weight is 280 g/mol. The second-order valence-corrected chi connectivity index (χ2v) is 6.47. The van der Waals surface area contributed by atoms with Crippen molar-refractivity contribution in [2.75, 3.05) is 13.1 Å². The van der Waals surface area contributed by atoms with E-state index in [2.05, 4.69) is 20.6 Å². The topological polar surface area (TPSA) is 86.9 Å². The van der Waals surface area contributed by atoms with Crippen molar-refractivity contribution in [2.24, 2.45) is 11.3 Å². The predicted molar refractivity (Wildman–Crippen MR) is 77.5 cm³/mol. The molecule has 0 radical (unpaired) electrons. The van der Waals surface area contributed by atoms with Gasteiger partial charge in [0.25, 0.3) is 11.8 Å². The molecule has 6 nitrogen and oxygen atoms in total. The van der Waals surface area contributed by atoms with Crippen molar-refractivity contribution in [3.05, 3.63) is 17.7 Å². The van der Waals surface area contributed by atoms with Crippen LogP contribution in [-0.4, -0.2) is 34.9 Å². The molecule has 0 aliphatic carbocycles. The molecule has 0 unspecified atom stereocenters. The van der Waals surface area contributed by atoms with Gasteiger partial charge < -0.3 is 15.6 Å². The van der Waals surface area contributed by atoms with E-state index in [0.717, 1.165) is 0 Å². The van der Waals surface area contributed by atoms with E-state index in [9.17, 15) is 9.59 Å². The number of carbonyl (C=O) groups excluding carboxylic acids is 2. The number of imidazole rings is 1. The summed E-state index contributed by atoms with van der Waals surface area (Å²) >= 11 is 0. The summed E-state index contributed by atoms with van der Waals surface area (Å²) < 4.78 is 0. The van der Waals surface area contributed by atoms with Gasteiger partial charge in [0.2, 0.25) is 0 Å². The number of rotatable bonds is 5. The van der Waals surface area contributed by atoms with E-state index in [0.29, 0.717) is 19.0 Å². The molecule has 2 amide bonds. The molecular weight excluding hydrogens is 256 g/mol. The van der Waals surface area contributed by atoms with Crippen LogP contribution in [0.5, 0.6) is 0 Å². The van der Waals surface area contributed by atoms with E-state index < -0.39 is 0 Å². The smallest absolute Gasteiger partial charge is 0.272 e. The highest BCUT2D eigenvalue weighted by Crippen LogP contribution is 2.11. The van der Waals surface area contributed by atoms with Crippen LogP contribution in [0.2, 0.25) is 0 Å². The average Bonchev–Trinajstić information content (AvgIpc) is 2.81. The molecule has 1 aromatic heterocycles. The Labute approximate surface area is 119 Å². The summed E-state index contributed by atoms with van der Waals surface area (Å²) in [5.74, 6) is -0.302. The normalized spacial score (nSPS) is 11.5. The van der Waals surface area contributed by atoms with E-state index in [1.54, 1.807) is 0 Å². The molecule has 0 bridgehead atoms. The Bertz CT molecular complexity index is 472. The first-order valence-corrected chi connectivity index (χ1v) is 6.80. The van der Waals surface area contributed by atoms with Gasteiger partial charge in [-0.15, -0.1) is 0 Å². The first kappa shape index (κ1) is 16.2. The predicted octanol–water partition coefficient (Wildman–Crippen LogP) is 1.57. The van der Waals surface area contributed by atoms with Crippen molar-refractivity contribution >= 4 is 11.8 Å². The van der Waals surface area contributed by atoms with Crippen LogP contribution >= 0.6 is 0 Å². The van der Waals surface area contributed by atoms with E-state index in [4.69, 9.17) is 0 Å². The van der Waals surface area contributed by atoms with E-state index in [-0.39, 0.29) is 28.6 Å². The fraction of sp³-hybridized carbons (Fsp3) is 0.643. The van der Waals surface area contributed by atoms with Crippen LogP contribution in [0, 0.1) is 11.3 Å². The summed E-state index contributed by atoms with van der Waals surface area (Å²) in [5, 5.41) is 5.55. The molecule has 0 aliphatic heterocycles. The lowest BCUT2D eigenvalue weighted by atomic mass is 9.97. The molecule has 0 spiro atoms. The third-order valence-electron chi connectivity index (χ3n) is 2.53. The Morgan fingerprint density at radius 3 is 2.45 bits per heavy atom. The molecule has 0 fully saturated rings. The molecule has 0 aromatic carbocycles. The van der Waals surface area contributed by atoms with Crippen molar-refractivity contribution in [3.8, 4) is 0 Å². The Balaban J connectivity index is 2.70. The summed E-state index contributed by atoms with van der Waals surface area (Å²) in [6.45, 7) is 11.2. The van der Waals surface area contributed by atoms with Crippen LogP contribution in [0.3, 0.4) is 0 Å². The second kappa shape index (κ2) is 6.54. The van der Waals surface area contributed by atoms with Gasteiger partial charge in [-0.2, -0.15) is 0 Å². The highest BCUT2D eigenvalue weighted by molar-refractivity contribution is 6.04. The minimum absolute atomic E-state index is 0.0181. The number of hydrogen-bond donors (Lipinski definition) is 3. The number of H-pyrrole nitrogens is 1. The number of carbonyl (C=O) groups is 2. The zero-order chi connectivity index (χ0) is 15.3. The molecule has 20 heavy (non-hydrogen) atoms. The van der Waals surface area contributed by atoms with Gasteiger partial charge in [0.1, 0.15) is 5.69 Å².